The molecule has 1 aliphatic rings. The molecular formula is C15H15Cl2N5OS2. The van der Waals surface area contributed by atoms with Gasteiger partial charge in [0.05, 0.1) is 21.8 Å². The van der Waals surface area contributed by atoms with Crippen molar-refractivity contribution in [2.45, 2.75) is 29.0 Å². The van der Waals surface area contributed by atoms with Crippen LogP contribution in [0.15, 0.2) is 22.8 Å². The first-order valence-electron chi connectivity index (χ1n) is 7.82. The number of halogens is 2. The molecule has 132 valence electrons. The number of aromatic nitrogens is 4. The first-order valence-corrected chi connectivity index (χ1v) is 10.4. The van der Waals surface area contributed by atoms with E-state index in [2.05, 4.69) is 20.5 Å². The maximum absolute atomic E-state index is 6.17. The molecule has 0 spiro atoms. The highest BCUT2D eigenvalue weighted by molar-refractivity contribution is 8.00. The molecule has 0 amide bonds. The average Bonchev–Trinajstić information content (AvgIpc) is 3.31. The number of imidazole rings is 1. The Labute approximate surface area is 162 Å². The van der Waals surface area contributed by atoms with Crippen molar-refractivity contribution in [3.05, 3.63) is 34.2 Å². The summed E-state index contributed by atoms with van der Waals surface area (Å²) >= 11 is 15.3. The third-order valence-corrected chi connectivity index (χ3v) is 6.31. The summed E-state index contributed by atoms with van der Waals surface area (Å²) in [6.07, 6.45) is 6.25. The fourth-order valence-corrected chi connectivity index (χ4v) is 4.80. The quantitative estimate of drug-likeness (QED) is 0.602. The van der Waals surface area contributed by atoms with Crippen LogP contribution in [0.25, 0.3) is 5.65 Å². The Bertz CT molecular complexity index is 878. The number of fused-ring (bicyclic) bond motifs is 1. The zero-order chi connectivity index (χ0) is 17.2. The van der Waals surface area contributed by atoms with Crippen LogP contribution in [0.4, 0.5) is 5.13 Å². The molecule has 1 aliphatic heterocycles. The molecular weight excluding hydrogens is 401 g/mol. The van der Waals surface area contributed by atoms with E-state index in [1.807, 2.05) is 10.6 Å². The van der Waals surface area contributed by atoms with Crippen molar-refractivity contribution in [1.29, 1.82) is 0 Å². The van der Waals surface area contributed by atoms with Crippen LogP contribution in [0.1, 0.15) is 18.5 Å². The maximum Gasteiger partial charge on any atom is 0.206 e. The third-order valence-electron chi connectivity index (χ3n) is 3.78. The zero-order valence-corrected chi connectivity index (χ0v) is 16.3. The van der Waals surface area contributed by atoms with Crippen molar-refractivity contribution in [3.63, 3.8) is 0 Å². The molecule has 1 unspecified atom stereocenters. The van der Waals surface area contributed by atoms with E-state index < -0.39 is 0 Å². The van der Waals surface area contributed by atoms with Gasteiger partial charge in [-0.1, -0.05) is 46.3 Å². The molecule has 1 N–H and O–H groups in total. The molecule has 4 rings (SSSR count). The lowest BCUT2D eigenvalue weighted by Gasteiger charge is -2.08. The van der Waals surface area contributed by atoms with E-state index in [9.17, 15) is 0 Å². The molecule has 1 atom stereocenters. The Morgan fingerprint density at radius 2 is 2.28 bits per heavy atom. The number of pyridine rings is 1. The van der Waals surface area contributed by atoms with Crippen LogP contribution in [-0.2, 0) is 10.5 Å². The summed E-state index contributed by atoms with van der Waals surface area (Å²) in [6.45, 7) is 1.64. The number of rotatable bonds is 6. The third kappa shape index (κ3) is 4.20. The second kappa shape index (κ2) is 7.67. The normalized spacial score (nSPS) is 17.4. The number of hydrogen-bond donors (Lipinski definition) is 1. The molecule has 0 radical (unpaired) electrons. The van der Waals surface area contributed by atoms with E-state index in [0.29, 0.717) is 21.4 Å². The van der Waals surface area contributed by atoms with Crippen molar-refractivity contribution in [2.75, 3.05) is 18.5 Å². The lowest BCUT2D eigenvalue weighted by atomic mass is 10.2. The van der Waals surface area contributed by atoms with Gasteiger partial charge >= 0.3 is 0 Å². The molecule has 3 aromatic heterocycles. The number of anilines is 1. The van der Waals surface area contributed by atoms with Crippen molar-refractivity contribution >= 4 is 57.1 Å². The van der Waals surface area contributed by atoms with Gasteiger partial charge in [0.2, 0.25) is 5.13 Å². The standard InChI is InChI=1S/C15H15Cl2N5OS2/c16-9-4-12(17)13-19-10(7-22(13)6-9)8-24-15-21-20-14(25-15)18-5-11-2-1-3-23-11/h4,6-7,11H,1-3,5,8H2,(H,18,20). The van der Waals surface area contributed by atoms with Crippen molar-refractivity contribution in [1.82, 2.24) is 19.6 Å². The Morgan fingerprint density at radius 1 is 1.36 bits per heavy atom. The Kier molecular flexibility index (Phi) is 5.33. The van der Waals surface area contributed by atoms with E-state index >= 15 is 0 Å². The summed E-state index contributed by atoms with van der Waals surface area (Å²) in [6, 6.07) is 1.69. The van der Waals surface area contributed by atoms with Gasteiger partial charge in [0.1, 0.15) is 0 Å². The van der Waals surface area contributed by atoms with E-state index in [4.69, 9.17) is 27.9 Å². The number of nitrogens with zero attached hydrogens (tertiary/aromatic N) is 4. The minimum Gasteiger partial charge on any atom is -0.376 e. The smallest absolute Gasteiger partial charge is 0.206 e. The molecule has 0 aliphatic carbocycles. The lowest BCUT2D eigenvalue weighted by Crippen LogP contribution is -2.18. The largest absolute Gasteiger partial charge is 0.376 e. The lowest BCUT2D eigenvalue weighted by molar-refractivity contribution is 0.120. The van der Waals surface area contributed by atoms with Gasteiger partial charge in [0.25, 0.3) is 0 Å². The van der Waals surface area contributed by atoms with Crippen LogP contribution in [0.5, 0.6) is 0 Å². The minimum atomic E-state index is 0.287. The molecule has 0 saturated carbocycles. The maximum atomic E-state index is 6.17. The summed E-state index contributed by atoms with van der Waals surface area (Å²) < 4.78 is 8.33. The average molecular weight is 416 g/mol. The predicted octanol–water partition coefficient (Wildman–Crippen LogP) is 4.38. The summed E-state index contributed by atoms with van der Waals surface area (Å²) in [5.41, 5.74) is 1.62. The van der Waals surface area contributed by atoms with Crippen LogP contribution in [-0.4, -0.2) is 38.8 Å². The molecule has 10 heteroatoms. The first kappa shape index (κ1) is 17.4. The van der Waals surface area contributed by atoms with Gasteiger partial charge in [0.15, 0.2) is 9.99 Å². The summed E-state index contributed by atoms with van der Waals surface area (Å²) in [5.74, 6) is 0.690. The number of ether oxygens (including phenoxy) is 1. The van der Waals surface area contributed by atoms with Gasteiger partial charge < -0.3 is 14.5 Å². The fraction of sp³-hybridized carbons (Fsp3) is 0.400. The van der Waals surface area contributed by atoms with Gasteiger partial charge in [-0.3, -0.25) is 0 Å². The Morgan fingerprint density at radius 3 is 3.12 bits per heavy atom. The molecule has 25 heavy (non-hydrogen) atoms. The monoisotopic (exact) mass is 415 g/mol. The minimum absolute atomic E-state index is 0.287. The van der Waals surface area contributed by atoms with Crippen LogP contribution >= 0.6 is 46.3 Å². The van der Waals surface area contributed by atoms with E-state index in [1.54, 1.807) is 35.4 Å². The van der Waals surface area contributed by atoms with E-state index in [-0.39, 0.29) is 6.10 Å². The van der Waals surface area contributed by atoms with Gasteiger partial charge in [-0.25, -0.2) is 4.98 Å². The zero-order valence-electron chi connectivity index (χ0n) is 13.1. The first-order chi connectivity index (χ1) is 12.2. The van der Waals surface area contributed by atoms with Gasteiger partial charge in [0, 0.05) is 31.3 Å². The van der Waals surface area contributed by atoms with E-state index in [0.717, 1.165) is 41.2 Å². The summed E-state index contributed by atoms with van der Waals surface area (Å²) in [4.78, 5) is 4.54. The van der Waals surface area contributed by atoms with Crippen LogP contribution in [0, 0.1) is 0 Å². The van der Waals surface area contributed by atoms with Gasteiger partial charge in [-0.05, 0) is 18.9 Å². The second-order valence-electron chi connectivity index (χ2n) is 5.65. The second-order valence-corrected chi connectivity index (χ2v) is 8.69. The predicted molar refractivity (Wildman–Crippen MR) is 102 cm³/mol. The molecule has 0 aromatic carbocycles. The highest BCUT2D eigenvalue weighted by Crippen LogP contribution is 2.29. The van der Waals surface area contributed by atoms with Crippen molar-refractivity contribution < 1.29 is 4.74 Å². The highest BCUT2D eigenvalue weighted by atomic mass is 35.5. The number of nitrogens with one attached hydrogen (secondary N) is 1. The van der Waals surface area contributed by atoms with Crippen LogP contribution in [0.2, 0.25) is 10.0 Å². The highest BCUT2D eigenvalue weighted by Gasteiger charge is 2.16. The summed E-state index contributed by atoms with van der Waals surface area (Å²) in [7, 11) is 0. The molecule has 3 aromatic rings. The molecule has 1 saturated heterocycles. The van der Waals surface area contributed by atoms with Crippen molar-refractivity contribution in [3.8, 4) is 0 Å². The van der Waals surface area contributed by atoms with Crippen molar-refractivity contribution in [2.24, 2.45) is 0 Å². The Hall–Kier alpha value is -1.06. The van der Waals surface area contributed by atoms with E-state index in [1.165, 1.54) is 0 Å². The van der Waals surface area contributed by atoms with Gasteiger partial charge in [-0.15, -0.1) is 10.2 Å². The topological polar surface area (TPSA) is 64.3 Å². The summed E-state index contributed by atoms with van der Waals surface area (Å²) in [5, 5.41) is 13.6. The van der Waals surface area contributed by atoms with Crippen LogP contribution in [0.3, 0.4) is 0 Å². The van der Waals surface area contributed by atoms with Crippen LogP contribution < -0.4 is 5.32 Å². The Balaban J connectivity index is 1.36. The molecule has 4 heterocycles. The van der Waals surface area contributed by atoms with Gasteiger partial charge in [-0.2, -0.15) is 0 Å². The molecule has 1 fully saturated rings. The fourth-order valence-electron chi connectivity index (χ4n) is 2.63. The number of hydrogen-bond acceptors (Lipinski definition) is 7. The molecule has 6 nitrogen and oxygen atoms in total. The molecule has 0 bridgehead atoms. The number of thioether (sulfide) groups is 1. The SMILES string of the molecule is Clc1cc(Cl)c2nc(CSc3nnc(NCC4CCCO4)s3)cn2c1.